The number of hydrogen-bond acceptors (Lipinski definition) is 3. The van der Waals surface area contributed by atoms with E-state index in [1.165, 1.54) is 33.0 Å². The highest BCUT2D eigenvalue weighted by Gasteiger charge is 2.37. The van der Waals surface area contributed by atoms with Crippen molar-refractivity contribution in [1.29, 1.82) is 0 Å². The average molecular weight is 602 g/mol. The van der Waals surface area contributed by atoms with Crippen LogP contribution in [-0.4, -0.2) is 15.0 Å². The lowest BCUT2D eigenvalue weighted by atomic mass is 9.81. The van der Waals surface area contributed by atoms with E-state index < -0.39 is 0 Å². The fourth-order valence-corrected chi connectivity index (χ4v) is 7.25. The Labute approximate surface area is 274 Å². The van der Waals surface area contributed by atoms with Crippen LogP contribution < -0.4 is 0 Å². The summed E-state index contributed by atoms with van der Waals surface area (Å²) in [5.41, 5.74) is 13.4. The second-order valence-electron chi connectivity index (χ2n) is 12.9. The van der Waals surface area contributed by atoms with Crippen molar-refractivity contribution in [3.05, 3.63) is 163 Å². The van der Waals surface area contributed by atoms with Gasteiger partial charge in [-0.3, -0.25) is 4.98 Å². The molecular weight excluding hydrogens is 571 g/mol. The first kappa shape index (κ1) is 27.4. The topological polar surface area (TPSA) is 38.7 Å². The van der Waals surface area contributed by atoms with Crippen LogP contribution in [0, 0.1) is 0 Å². The lowest BCUT2D eigenvalue weighted by Crippen LogP contribution is -2.14. The number of aromatic nitrogens is 3. The Morgan fingerprint density at radius 2 is 1.15 bits per heavy atom. The van der Waals surface area contributed by atoms with Gasteiger partial charge < -0.3 is 0 Å². The van der Waals surface area contributed by atoms with Crippen LogP contribution in [0.3, 0.4) is 0 Å². The molecule has 2 heterocycles. The Bertz CT molecular complexity index is 2490. The molecule has 0 fully saturated rings. The minimum absolute atomic E-state index is 0.132. The third-order valence-corrected chi connectivity index (χ3v) is 9.70. The molecule has 0 radical (unpaired) electrons. The van der Waals surface area contributed by atoms with Gasteiger partial charge in [-0.05, 0) is 86.6 Å². The maximum Gasteiger partial charge on any atom is 0.160 e. The third kappa shape index (κ3) is 4.54. The molecule has 0 bridgehead atoms. The predicted molar refractivity (Wildman–Crippen MR) is 194 cm³/mol. The molecule has 222 valence electrons. The highest BCUT2D eigenvalue weighted by Crippen LogP contribution is 2.53. The lowest BCUT2D eigenvalue weighted by Gasteiger charge is -2.22. The fraction of sp³-hybridized carbons (Fsp3) is 0.0682. The van der Waals surface area contributed by atoms with Gasteiger partial charge in [0.15, 0.2) is 5.82 Å². The average Bonchev–Trinajstić information content (AvgIpc) is 3.36. The van der Waals surface area contributed by atoms with Crippen molar-refractivity contribution in [2.75, 3.05) is 0 Å². The summed E-state index contributed by atoms with van der Waals surface area (Å²) >= 11 is 0. The summed E-state index contributed by atoms with van der Waals surface area (Å²) in [6.45, 7) is 4.68. The van der Waals surface area contributed by atoms with Gasteiger partial charge in [-0.15, -0.1) is 0 Å². The maximum absolute atomic E-state index is 5.26. The van der Waals surface area contributed by atoms with Crippen LogP contribution in [0.25, 0.3) is 77.8 Å². The van der Waals surface area contributed by atoms with E-state index in [0.717, 1.165) is 50.1 Å². The molecule has 0 amide bonds. The van der Waals surface area contributed by atoms with E-state index in [9.17, 15) is 0 Å². The zero-order valence-corrected chi connectivity index (χ0v) is 26.3. The molecule has 2 aromatic heterocycles. The molecule has 0 atom stereocenters. The standard InChI is InChI=1S/C44H31N3/c1-44(2)37-19-9-18-35(42(37)36-25-30-13-6-7-14-31(30)26-38(36)44)41-27-40(46-43(47-41)28-11-4-3-5-12-28)34-16-8-15-29(23-34)32-20-21-39-33(24-32)17-10-22-45-39/h3-27H,1-2H3. The van der Waals surface area contributed by atoms with Crippen molar-refractivity contribution >= 4 is 21.7 Å². The van der Waals surface area contributed by atoms with Crippen LogP contribution in [0.15, 0.2) is 152 Å². The zero-order chi connectivity index (χ0) is 31.5. The molecule has 3 heteroatoms. The quantitative estimate of drug-likeness (QED) is 0.201. The van der Waals surface area contributed by atoms with Gasteiger partial charge in [0.2, 0.25) is 0 Å². The van der Waals surface area contributed by atoms with E-state index in [1.807, 2.05) is 30.5 Å². The first-order valence-corrected chi connectivity index (χ1v) is 16.1. The fourth-order valence-electron chi connectivity index (χ4n) is 7.25. The van der Waals surface area contributed by atoms with E-state index in [4.69, 9.17) is 9.97 Å². The second kappa shape index (κ2) is 10.6. The van der Waals surface area contributed by atoms with Crippen LogP contribution in [0.2, 0.25) is 0 Å². The smallest absolute Gasteiger partial charge is 0.160 e. The molecule has 0 N–H and O–H groups in total. The number of nitrogens with zero attached hydrogens (tertiary/aromatic N) is 3. The predicted octanol–water partition coefficient (Wildman–Crippen LogP) is 11.2. The van der Waals surface area contributed by atoms with Crippen LogP contribution in [0.1, 0.15) is 25.0 Å². The van der Waals surface area contributed by atoms with E-state index in [2.05, 4.69) is 140 Å². The van der Waals surface area contributed by atoms with Gasteiger partial charge in [-0.25, -0.2) is 9.97 Å². The first-order chi connectivity index (χ1) is 23.0. The van der Waals surface area contributed by atoms with E-state index >= 15 is 0 Å². The van der Waals surface area contributed by atoms with Gasteiger partial charge in [0.05, 0.1) is 16.9 Å². The maximum atomic E-state index is 5.26. The molecular formula is C44H31N3. The summed E-state index contributed by atoms with van der Waals surface area (Å²) in [4.78, 5) is 14.9. The molecule has 47 heavy (non-hydrogen) atoms. The molecule has 9 rings (SSSR count). The summed E-state index contributed by atoms with van der Waals surface area (Å²) in [7, 11) is 0. The van der Waals surface area contributed by atoms with Crippen molar-refractivity contribution in [1.82, 2.24) is 15.0 Å². The lowest BCUT2D eigenvalue weighted by molar-refractivity contribution is 0.661. The molecule has 0 saturated carbocycles. The van der Waals surface area contributed by atoms with E-state index in [0.29, 0.717) is 5.82 Å². The highest BCUT2D eigenvalue weighted by molar-refractivity contribution is 5.98. The molecule has 8 aromatic rings. The summed E-state index contributed by atoms with van der Waals surface area (Å²) in [5, 5.41) is 3.64. The summed E-state index contributed by atoms with van der Waals surface area (Å²) in [6, 6.07) is 51.7. The Kier molecular flexibility index (Phi) is 6.16. The Morgan fingerprint density at radius 3 is 2.02 bits per heavy atom. The molecule has 1 aliphatic rings. The van der Waals surface area contributed by atoms with Gasteiger partial charge in [-0.2, -0.15) is 0 Å². The molecule has 6 aromatic carbocycles. The van der Waals surface area contributed by atoms with Crippen LogP contribution in [0.4, 0.5) is 0 Å². The van der Waals surface area contributed by atoms with Crippen LogP contribution >= 0.6 is 0 Å². The number of benzene rings is 6. The zero-order valence-electron chi connectivity index (χ0n) is 26.3. The van der Waals surface area contributed by atoms with Gasteiger partial charge in [-0.1, -0.05) is 117 Å². The first-order valence-electron chi connectivity index (χ1n) is 16.1. The molecule has 0 aliphatic heterocycles. The largest absolute Gasteiger partial charge is 0.256 e. The normalized spacial score (nSPS) is 13.1. The Morgan fingerprint density at radius 1 is 0.447 bits per heavy atom. The van der Waals surface area contributed by atoms with Gasteiger partial charge in [0, 0.05) is 33.7 Å². The van der Waals surface area contributed by atoms with E-state index in [-0.39, 0.29) is 5.41 Å². The van der Waals surface area contributed by atoms with Gasteiger partial charge in [0.25, 0.3) is 0 Å². The minimum Gasteiger partial charge on any atom is -0.256 e. The highest BCUT2D eigenvalue weighted by atomic mass is 14.9. The second-order valence-corrected chi connectivity index (χ2v) is 12.9. The molecule has 0 saturated heterocycles. The summed E-state index contributed by atoms with van der Waals surface area (Å²) in [6.07, 6.45) is 1.84. The number of fused-ring (bicyclic) bond motifs is 5. The monoisotopic (exact) mass is 601 g/mol. The van der Waals surface area contributed by atoms with Crippen LogP contribution in [0.5, 0.6) is 0 Å². The minimum atomic E-state index is -0.132. The van der Waals surface area contributed by atoms with Gasteiger partial charge >= 0.3 is 0 Å². The van der Waals surface area contributed by atoms with Crippen molar-refractivity contribution in [3.63, 3.8) is 0 Å². The van der Waals surface area contributed by atoms with Crippen molar-refractivity contribution < 1.29 is 0 Å². The Balaban J connectivity index is 1.25. The molecule has 1 aliphatic carbocycles. The molecule has 0 unspecified atom stereocenters. The molecule has 0 spiro atoms. The third-order valence-electron chi connectivity index (χ3n) is 9.70. The molecule has 3 nitrogen and oxygen atoms in total. The van der Waals surface area contributed by atoms with Crippen molar-refractivity contribution in [3.8, 4) is 56.2 Å². The summed E-state index contributed by atoms with van der Waals surface area (Å²) in [5.74, 6) is 0.717. The number of pyridine rings is 1. The van der Waals surface area contributed by atoms with Gasteiger partial charge in [0.1, 0.15) is 0 Å². The van der Waals surface area contributed by atoms with Crippen molar-refractivity contribution in [2.45, 2.75) is 19.3 Å². The van der Waals surface area contributed by atoms with Crippen LogP contribution in [-0.2, 0) is 5.41 Å². The van der Waals surface area contributed by atoms with Crippen molar-refractivity contribution in [2.24, 2.45) is 0 Å². The van der Waals surface area contributed by atoms with E-state index in [1.54, 1.807) is 0 Å². The number of hydrogen-bond donors (Lipinski definition) is 0. The SMILES string of the molecule is CC1(C)c2cc3ccccc3cc2-c2c(-c3cc(-c4cccc(-c5ccc6ncccc6c5)c4)nc(-c4ccccc4)n3)cccc21. The number of rotatable bonds is 4. The Hall–Kier alpha value is -5.93. The summed E-state index contributed by atoms with van der Waals surface area (Å²) < 4.78 is 0.